The molecule has 3 aromatic heterocycles. The first-order valence-corrected chi connectivity index (χ1v) is 6.90. The maximum atomic E-state index is 4.44. The second-order valence-electron chi connectivity index (χ2n) is 4.24. The van der Waals surface area contributed by atoms with Gasteiger partial charge < -0.3 is 0 Å². The average Bonchev–Trinajstić information content (AvgIpc) is 3.04. The first-order valence-electron chi connectivity index (χ1n) is 6.08. The third-order valence-corrected chi connectivity index (χ3v) is 3.74. The van der Waals surface area contributed by atoms with E-state index >= 15 is 0 Å². The van der Waals surface area contributed by atoms with Crippen LogP contribution in [0.4, 0.5) is 0 Å². The number of hydrogen-bond acceptors (Lipinski definition) is 5. The third-order valence-electron chi connectivity index (χ3n) is 2.88. The lowest BCUT2D eigenvalue weighted by Crippen LogP contribution is -1.93. The van der Waals surface area contributed by atoms with Crippen LogP contribution in [0.25, 0.3) is 17.1 Å². The molecule has 0 spiro atoms. The predicted molar refractivity (Wildman–Crippen MR) is 75.0 cm³/mol. The Kier molecular flexibility index (Phi) is 2.90. The molecule has 0 N–H and O–H groups in total. The zero-order valence-corrected chi connectivity index (χ0v) is 11.8. The highest BCUT2D eigenvalue weighted by molar-refractivity contribution is 7.17. The van der Waals surface area contributed by atoms with E-state index in [9.17, 15) is 0 Å². The molecule has 0 aromatic carbocycles. The Hall–Kier alpha value is -2.02. The molecule has 0 radical (unpaired) electrons. The smallest absolute Gasteiger partial charge is 0.234 e. The summed E-state index contributed by atoms with van der Waals surface area (Å²) in [5.74, 6) is 0.806. The molecular weight excluding hydrogens is 260 g/mol. The van der Waals surface area contributed by atoms with Gasteiger partial charge in [0.2, 0.25) is 4.96 Å². The van der Waals surface area contributed by atoms with E-state index in [1.54, 1.807) is 4.52 Å². The summed E-state index contributed by atoms with van der Waals surface area (Å²) in [5.41, 5.74) is 2.14. The molecule has 0 bridgehead atoms. The second-order valence-corrected chi connectivity index (χ2v) is 5.23. The normalized spacial score (nSPS) is 11.9. The number of aromatic nitrogens is 6. The Labute approximate surface area is 114 Å². The van der Waals surface area contributed by atoms with Gasteiger partial charge in [-0.1, -0.05) is 11.3 Å². The lowest BCUT2D eigenvalue weighted by Gasteiger charge is -1.89. The van der Waals surface area contributed by atoms with Crippen LogP contribution in [-0.2, 0) is 6.54 Å². The number of rotatable bonds is 3. The summed E-state index contributed by atoms with van der Waals surface area (Å²) in [7, 11) is 0. The monoisotopic (exact) mass is 274 g/mol. The van der Waals surface area contributed by atoms with Gasteiger partial charge in [-0.2, -0.15) is 14.7 Å². The van der Waals surface area contributed by atoms with Gasteiger partial charge in [0.15, 0.2) is 5.82 Å². The third kappa shape index (κ3) is 2.17. The molecule has 3 aromatic rings. The number of nitrogens with zero attached hydrogens (tertiary/aromatic N) is 6. The molecule has 6 nitrogen and oxygen atoms in total. The first-order chi connectivity index (χ1) is 9.17. The van der Waals surface area contributed by atoms with Crippen molar-refractivity contribution in [2.24, 2.45) is 0 Å². The van der Waals surface area contributed by atoms with E-state index in [0.717, 1.165) is 33.6 Å². The van der Waals surface area contributed by atoms with Crippen molar-refractivity contribution in [3.8, 4) is 0 Å². The van der Waals surface area contributed by atoms with Crippen molar-refractivity contribution < 1.29 is 0 Å². The first kappa shape index (κ1) is 12.0. The minimum Gasteiger partial charge on any atom is -0.272 e. The van der Waals surface area contributed by atoms with Crippen LogP contribution in [0, 0.1) is 13.8 Å². The van der Waals surface area contributed by atoms with E-state index in [4.69, 9.17) is 0 Å². The van der Waals surface area contributed by atoms with Crippen LogP contribution in [0.5, 0.6) is 0 Å². The lowest BCUT2D eigenvalue weighted by molar-refractivity contribution is 0.653. The fourth-order valence-corrected chi connectivity index (χ4v) is 2.60. The van der Waals surface area contributed by atoms with Crippen LogP contribution in [0.1, 0.15) is 29.0 Å². The molecular formula is C12H14N6S. The summed E-state index contributed by atoms with van der Waals surface area (Å²) < 4.78 is 3.68. The largest absolute Gasteiger partial charge is 0.272 e. The fourth-order valence-electron chi connectivity index (χ4n) is 1.82. The van der Waals surface area contributed by atoms with Gasteiger partial charge in [0, 0.05) is 18.3 Å². The van der Waals surface area contributed by atoms with Crippen LogP contribution in [-0.4, -0.2) is 29.6 Å². The zero-order valence-electron chi connectivity index (χ0n) is 11.0. The molecule has 0 aliphatic carbocycles. The van der Waals surface area contributed by atoms with E-state index < -0.39 is 0 Å². The minimum absolute atomic E-state index is 0.806. The maximum absolute atomic E-state index is 4.44. The Morgan fingerprint density at radius 1 is 1.21 bits per heavy atom. The summed E-state index contributed by atoms with van der Waals surface area (Å²) in [6.45, 7) is 6.85. The molecule has 3 rings (SSSR count). The van der Waals surface area contributed by atoms with Crippen LogP contribution >= 0.6 is 11.3 Å². The highest BCUT2D eigenvalue weighted by Crippen LogP contribution is 2.17. The van der Waals surface area contributed by atoms with Gasteiger partial charge in [0.1, 0.15) is 5.01 Å². The summed E-state index contributed by atoms with van der Waals surface area (Å²) in [6, 6.07) is 0. The minimum atomic E-state index is 0.806. The molecule has 0 amide bonds. The van der Waals surface area contributed by atoms with Crippen LogP contribution in [0.15, 0.2) is 6.20 Å². The second kappa shape index (κ2) is 4.58. The summed E-state index contributed by atoms with van der Waals surface area (Å²) in [4.78, 5) is 0.818. The van der Waals surface area contributed by atoms with Crippen molar-refractivity contribution >= 4 is 28.4 Å². The standard InChI is InChI=1S/C12H14N6S/c1-4-17-7-10(8(2)15-17)5-6-11-16-18-9(3)13-14-12(18)19-11/h5-7H,4H2,1-3H3/b6-5+. The fraction of sp³-hybridized carbons (Fsp3) is 0.333. The van der Waals surface area contributed by atoms with Gasteiger partial charge in [0.25, 0.3) is 0 Å². The molecule has 0 unspecified atom stereocenters. The van der Waals surface area contributed by atoms with Crippen LogP contribution < -0.4 is 0 Å². The Morgan fingerprint density at radius 3 is 2.74 bits per heavy atom. The van der Waals surface area contributed by atoms with Gasteiger partial charge in [-0.15, -0.1) is 10.2 Å². The van der Waals surface area contributed by atoms with Crippen molar-refractivity contribution in [1.82, 2.24) is 29.6 Å². The van der Waals surface area contributed by atoms with Crippen molar-refractivity contribution in [1.29, 1.82) is 0 Å². The zero-order chi connectivity index (χ0) is 13.4. The van der Waals surface area contributed by atoms with Crippen molar-refractivity contribution in [2.45, 2.75) is 27.3 Å². The van der Waals surface area contributed by atoms with E-state index in [0.29, 0.717) is 0 Å². The molecule has 0 fully saturated rings. The molecule has 7 heteroatoms. The predicted octanol–water partition coefficient (Wildman–Crippen LogP) is 2.19. The highest BCUT2D eigenvalue weighted by atomic mass is 32.1. The number of hydrogen-bond donors (Lipinski definition) is 0. The molecule has 0 atom stereocenters. The Bertz CT molecular complexity index is 748. The number of fused-ring (bicyclic) bond motifs is 1. The van der Waals surface area contributed by atoms with E-state index in [1.165, 1.54) is 11.3 Å². The van der Waals surface area contributed by atoms with Gasteiger partial charge in [-0.3, -0.25) is 4.68 Å². The summed E-state index contributed by atoms with van der Waals surface area (Å²) >= 11 is 1.52. The lowest BCUT2D eigenvalue weighted by atomic mass is 10.2. The van der Waals surface area contributed by atoms with Gasteiger partial charge >= 0.3 is 0 Å². The molecule has 3 heterocycles. The maximum Gasteiger partial charge on any atom is 0.234 e. The van der Waals surface area contributed by atoms with E-state index in [-0.39, 0.29) is 0 Å². The SMILES string of the molecule is CCn1cc(/C=C/c2nn3c(C)nnc3s2)c(C)n1. The number of aryl methyl sites for hydroxylation is 3. The van der Waals surface area contributed by atoms with E-state index in [2.05, 4.69) is 27.3 Å². The van der Waals surface area contributed by atoms with Gasteiger partial charge in [0.05, 0.1) is 5.69 Å². The van der Waals surface area contributed by atoms with Gasteiger partial charge in [-0.05, 0) is 32.9 Å². The Balaban J connectivity index is 1.90. The van der Waals surface area contributed by atoms with Crippen LogP contribution in [0.2, 0.25) is 0 Å². The van der Waals surface area contributed by atoms with Crippen LogP contribution in [0.3, 0.4) is 0 Å². The quantitative estimate of drug-likeness (QED) is 0.734. The highest BCUT2D eigenvalue weighted by Gasteiger charge is 2.06. The molecule has 0 saturated heterocycles. The molecule has 0 aliphatic heterocycles. The molecule has 0 saturated carbocycles. The van der Waals surface area contributed by atoms with Crippen molar-refractivity contribution in [2.75, 3.05) is 0 Å². The topological polar surface area (TPSA) is 60.9 Å². The van der Waals surface area contributed by atoms with E-state index in [1.807, 2.05) is 36.9 Å². The summed E-state index contributed by atoms with van der Waals surface area (Å²) in [5, 5.41) is 17.8. The Morgan fingerprint density at radius 2 is 2.05 bits per heavy atom. The van der Waals surface area contributed by atoms with Gasteiger partial charge in [-0.25, -0.2) is 0 Å². The molecule has 98 valence electrons. The van der Waals surface area contributed by atoms with Crippen molar-refractivity contribution in [3.63, 3.8) is 0 Å². The summed E-state index contributed by atoms with van der Waals surface area (Å²) in [6.07, 6.45) is 6.07. The molecule has 19 heavy (non-hydrogen) atoms. The van der Waals surface area contributed by atoms with Crippen molar-refractivity contribution in [3.05, 3.63) is 28.3 Å². The average molecular weight is 274 g/mol. The molecule has 0 aliphatic rings.